The zero-order valence-electron chi connectivity index (χ0n) is 9.63. The number of fused-ring (bicyclic) bond motifs is 1. The Morgan fingerprint density at radius 1 is 0.941 bits per heavy atom. The van der Waals surface area contributed by atoms with E-state index in [1.165, 1.54) is 10.8 Å². The predicted molar refractivity (Wildman–Crippen MR) is 68.7 cm³/mol. The number of hydrogen-bond donors (Lipinski definition) is 3. The van der Waals surface area contributed by atoms with E-state index in [1.54, 1.807) is 0 Å². The number of hydrogen-bond acceptors (Lipinski definition) is 3. The summed E-state index contributed by atoms with van der Waals surface area (Å²) >= 11 is 0. The number of aliphatic hydroxyl groups is 2. The van der Waals surface area contributed by atoms with Crippen molar-refractivity contribution in [2.24, 2.45) is 0 Å². The number of rotatable bonds is 5. The fourth-order valence-electron chi connectivity index (χ4n) is 1.80. The van der Waals surface area contributed by atoms with Gasteiger partial charge in [-0.2, -0.15) is 0 Å². The fraction of sp³-hybridized carbons (Fsp3) is 0.286. The van der Waals surface area contributed by atoms with Gasteiger partial charge in [-0.3, -0.25) is 0 Å². The highest BCUT2D eigenvalue weighted by Gasteiger charge is 2.04. The van der Waals surface area contributed by atoms with Crippen LogP contribution in [0.25, 0.3) is 10.8 Å². The first-order chi connectivity index (χ1) is 8.33. The molecule has 3 nitrogen and oxygen atoms in total. The van der Waals surface area contributed by atoms with Gasteiger partial charge < -0.3 is 15.5 Å². The summed E-state index contributed by atoms with van der Waals surface area (Å²) in [6.45, 7) is 0.546. The Balaban J connectivity index is 2.09. The van der Waals surface area contributed by atoms with Gasteiger partial charge >= 0.3 is 0 Å². The summed E-state index contributed by atoms with van der Waals surface area (Å²) in [6.07, 6.45) is 0. The smallest absolute Gasteiger partial charge is 0.0607 e. The standard InChI is InChI=1S/C14H17NO2/c16-9-14(10-17)15-8-11-5-6-12-3-1-2-4-13(12)7-11/h1-7,14-17H,8-10H2. The van der Waals surface area contributed by atoms with Gasteiger partial charge in [0.05, 0.1) is 19.3 Å². The summed E-state index contributed by atoms with van der Waals surface area (Å²) in [6, 6.07) is 14.2. The van der Waals surface area contributed by atoms with Crippen molar-refractivity contribution in [1.82, 2.24) is 5.32 Å². The van der Waals surface area contributed by atoms with Gasteiger partial charge in [0.25, 0.3) is 0 Å². The first kappa shape index (κ1) is 12.0. The first-order valence-corrected chi connectivity index (χ1v) is 5.76. The third-order valence-corrected chi connectivity index (χ3v) is 2.85. The largest absolute Gasteiger partial charge is 0.395 e. The molecule has 0 atom stereocenters. The van der Waals surface area contributed by atoms with Crippen LogP contribution in [0.4, 0.5) is 0 Å². The van der Waals surface area contributed by atoms with E-state index in [1.807, 2.05) is 12.1 Å². The van der Waals surface area contributed by atoms with Crippen LogP contribution in [0, 0.1) is 0 Å². The van der Waals surface area contributed by atoms with Crippen molar-refractivity contribution in [2.75, 3.05) is 13.2 Å². The van der Waals surface area contributed by atoms with Crippen LogP contribution in [-0.4, -0.2) is 29.5 Å². The van der Waals surface area contributed by atoms with Gasteiger partial charge in [-0.15, -0.1) is 0 Å². The highest BCUT2D eigenvalue weighted by atomic mass is 16.3. The second-order valence-corrected chi connectivity index (χ2v) is 4.12. The molecule has 0 fully saturated rings. The molecule has 0 spiro atoms. The van der Waals surface area contributed by atoms with Gasteiger partial charge in [0.2, 0.25) is 0 Å². The van der Waals surface area contributed by atoms with Gasteiger partial charge in [0.15, 0.2) is 0 Å². The van der Waals surface area contributed by atoms with E-state index in [0.717, 1.165) is 5.56 Å². The molecule has 2 rings (SSSR count). The Kier molecular flexibility index (Phi) is 4.09. The highest BCUT2D eigenvalue weighted by molar-refractivity contribution is 5.82. The minimum Gasteiger partial charge on any atom is -0.395 e. The van der Waals surface area contributed by atoms with E-state index in [4.69, 9.17) is 10.2 Å². The summed E-state index contributed by atoms with van der Waals surface area (Å²) in [7, 11) is 0. The van der Waals surface area contributed by atoms with Crippen molar-refractivity contribution in [1.29, 1.82) is 0 Å². The molecule has 0 saturated carbocycles. The molecule has 0 amide bonds. The molecule has 3 heteroatoms. The van der Waals surface area contributed by atoms with Crippen LogP contribution in [0.5, 0.6) is 0 Å². The van der Waals surface area contributed by atoms with E-state index in [0.29, 0.717) is 6.54 Å². The molecule has 0 aliphatic rings. The lowest BCUT2D eigenvalue weighted by Crippen LogP contribution is -2.35. The Morgan fingerprint density at radius 2 is 1.65 bits per heavy atom. The van der Waals surface area contributed by atoms with Crippen molar-refractivity contribution in [3.05, 3.63) is 48.0 Å². The van der Waals surface area contributed by atoms with Crippen LogP contribution in [0.1, 0.15) is 5.56 Å². The van der Waals surface area contributed by atoms with Gasteiger partial charge in [0.1, 0.15) is 0 Å². The monoisotopic (exact) mass is 231 g/mol. The molecule has 0 unspecified atom stereocenters. The normalized spacial score (nSPS) is 11.2. The van der Waals surface area contributed by atoms with Gasteiger partial charge in [-0.05, 0) is 22.4 Å². The van der Waals surface area contributed by atoms with Crippen LogP contribution in [0.3, 0.4) is 0 Å². The zero-order chi connectivity index (χ0) is 12.1. The Hall–Kier alpha value is -1.42. The number of nitrogens with one attached hydrogen (secondary N) is 1. The van der Waals surface area contributed by atoms with Crippen molar-refractivity contribution in [3.63, 3.8) is 0 Å². The number of aliphatic hydroxyl groups excluding tert-OH is 2. The molecular formula is C14H17NO2. The Labute approximate surface area is 101 Å². The maximum Gasteiger partial charge on any atom is 0.0607 e. The van der Waals surface area contributed by atoms with Crippen LogP contribution in [0.2, 0.25) is 0 Å². The first-order valence-electron chi connectivity index (χ1n) is 5.76. The van der Waals surface area contributed by atoms with Gasteiger partial charge in [0, 0.05) is 6.54 Å². The second kappa shape index (κ2) is 5.77. The van der Waals surface area contributed by atoms with E-state index in [-0.39, 0.29) is 19.3 Å². The van der Waals surface area contributed by atoms with E-state index in [2.05, 4.69) is 35.6 Å². The maximum atomic E-state index is 8.95. The minimum atomic E-state index is -0.249. The van der Waals surface area contributed by atoms with Crippen molar-refractivity contribution in [2.45, 2.75) is 12.6 Å². The molecule has 17 heavy (non-hydrogen) atoms. The van der Waals surface area contributed by atoms with Crippen molar-refractivity contribution < 1.29 is 10.2 Å². The minimum absolute atomic E-state index is 0.0515. The fourth-order valence-corrected chi connectivity index (χ4v) is 1.80. The summed E-state index contributed by atoms with van der Waals surface area (Å²) < 4.78 is 0. The summed E-state index contributed by atoms with van der Waals surface area (Å²) in [5, 5.41) is 23.4. The molecule has 0 heterocycles. The summed E-state index contributed by atoms with van der Waals surface area (Å²) in [4.78, 5) is 0. The molecule has 0 aliphatic heterocycles. The van der Waals surface area contributed by atoms with E-state index < -0.39 is 0 Å². The Morgan fingerprint density at radius 3 is 2.35 bits per heavy atom. The lowest BCUT2D eigenvalue weighted by molar-refractivity contribution is 0.170. The zero-order valence-corrected chi connectivity index (χ0v) is 9.63. The average molecular weight is 231 g/mol. The summed E-state index contributed by atoms with van der Waals surface area (Å²) in [5.41, 5.74) is 1.15. The molecule has 0 radical (unpaired) electrons. The van der Waals surface area contributed by atoms with Crippen molar-refractivity contribution >= 4 is 10.8 Å². The Bertz CT molecular complexity index is 480. The molecule has 0 saturated heterocycles. The van der Waals surface area contributed by atoms with Crippen LogP contribution >= 0.6 is 0 Å². The SMILES string of the molecule is OCC(CO)NCc1ccc2ccccc2c1. The average Bonchev–Trinajstić information content (AvgIpc) is 2.40. The topological polar surface area (TPSA) is 52.5 Å². The van der Waals surface area contributed by atoms with Crippen LogP contribution < -0.4 is 5.32 Å². The van der Waals surface area contributed by atoms with Gasteiger partial charge in [-0.25, -0.2) is 0 Å². The van der Waals surface area contributed by atoms with E-state index >= 15 is 0 Å². The highest BCUT2D eigenvalue weighted by Crippen LogP contribution is 2.15. The third kappa shape index (κ3) is 3.03. The molecule has 0 aliphatic carbocycles. The van der Waals surface area contributed by atoms with Crippen LogP contribution in [-0.2, 0) is 6.54 Å². The van der Waals surface area contributed by atoms with E-state index in [9.17, 15) is 0 Å². The molecule has 90 valence electrons. The summed E-state index contributed by atoms with van der Waals surface area (Å²) in [5.74, 6) is 0. The number of benzene rings is 2. The molecule has 2 aromatic rings. The lowest BCUT2D eigenvalue weighted by Gasteiger charge is -2.13. The van der Waals surface area contributed by atoms with Crippen LogP contribution in [0.15, 0.2) is 42.5 Å². The van der Waals surface area contributed by atoms with Gasteiger partial charge in [-0.1, -0.05) is 36.4 Å². The molecule has 0 aromatic heterocycles. The quantitative estimate of drug-likeness (QED) is 0.726. The second-order valence-electron chi connectivity index (χ2n) is 4.12. The van der Waals surface area contributed by atoms with Crippen molar-refractivity contribution in [3.8, 4) is 0 Å². The predicted octanol–water partition coefficient (Wildman–Crippen LogP) is 1.28. The third-order valence-electron chi connectivity index (χ3n) is 2.85. The molecule has 0 bridgehead atoms. The molecule has 2 aromatic carbocycles. The molecule has 3 N–H and O–H groups in total. The maximum absolute atomic E-state index is 8.95. The molecular weight excluding hydrogens is 214 g/mol. The lowest BCUT2D eigenvalue weighted by atomic mass is 10.1.